The summed E-state index contributed by atoms with van der Waals surface area (Å²) in [5.41, 5.74) is 0.488. The van der Waals surface area contributed by atoms with Gasteiger partial charge in [0.1, 0.15) is 5.75 Å². The number of nitrogens with zero attached hydrogens (tertiary/aromatic N) is 1. The molecule has 1 aliphatic heterocycles. The molecule has 1 saturated heterocycles. The Kier molecular flexibility index (Phi) is 4.99. The van der Waals surface area contributed by atoms with Crippen LogP contribution in [0.15, 0.2) is 42.5 Å². The van der Waals surface area contributed by atoms with Crippen LogP contribution in [0.25, 0.3) is 0 Å². The molecule has 0 saturated carbocycles. The Labute approximate surface area is 153 Å². The standard InChI is InChI=1S/C17H12Cl3NO3/c18-11-4-1-2-7-14(11)24-17(23)10-8-15(22)21(9-10)13-6-3-5-12(19)16(13)20/h1-7,10H,8-9H2/t10-/m0/s1. The molecule has 2 aromatic rings. The molecule has 124 valence electrons. The number of amides is 1. The third-order valence-electron chi connectivity index (χ3n) is 3.73. The van der Waals surface area contributed by atoms with Crippen LogP contribution in [0.2, 0.25) is 15.1 Å². The molecule has 1 fully saturated rings. The second kappa shape index (κ2) is 7.01. The zero-order valence-electron chi connectivity index (χ0n) is 12.3. The number of carbonyl (C=O) groups is 2. The van der Waals surface area contributed by atoms with Gasteiger partial charge in [-0.2, -0.15) is 0 Å². The number of carbonyl (C=O) groups excluding carboxylic acids is 2. The number of benzene rings is 2. The first-order valence-corrected chi connectivity index (χ1v) is 8.31. The number of halogens is 3. The van der Waals surface area contributed by atoms with Crippen LogP contribution < -0.4 is 9.64 Å². The highest BCUT2D eigenvalue weighted by atomic mass is 35.5. The Hall–Kier alpha value is -1.75. The van der Waals surface area contributed by atoms with Gasteiger partial charge in [-0.25, -0.2) is 0 Å². The second-order valence-electron chi connectivity index (χ2n) is 5.33. The molecule has 0 unspecified atom stereocenters. The van der Waals surface area contributed by atoms with Crippen molar-refractivity contribution < 1.29 is 14.3 Å². The van der Waals surface area contributed by atoms with Crippen molar-refractivity contribution in [2.45, 2.75) is 6.42 Å². The number of hydrogen-bond acceptors (Lipinski definition) is 3. The summed E-state index contributed by atoms with van der Waals surface area (Å²) in [4.78, 5) is 26.0. The number of para-hydroxylation sites is 1. The molecule has 0 spiro atoms. The molecule has 0 radical (unpaired) electrons. The topological polar surface area (TPSA) is 46.6 Å². The zero-order valence-corrected chi connectivity index (χ0v) is 14.6. The average molecular weight is 385 g/mol. The summed E-state index contributed by atoms with van der Waals surface area (Å²) < 4.78 is 5.31. The van der Waals surface area contributed by atoms with E-state index in [-0.39, 0.29) is 29.6 Å². The molecule has 3 rings (SSSR count). The number of anilines is 1. The van der Waals surface area contributed by atoms with Gasteiger partial charge >= 0.3 is 5.97 Å². The van der Waals surface area contributed by atoms with Crippen LogP contribution in [-0.4, -0.2) is 18.4 Å². The molecule has 0 bridgehead atoms. The lowest BCUT2D eigenvalue weighted by atomic mass is 10.1. The number of rotatable bonds is 3. The van der Waals surface area contributed by atoms with Gasteiger partial charge in [0.2, 0.25) is 5.91 Å². The van der Waals surface area contributed by atoms with Gasteiger partial charge in [-0.15, -0.1) is 0 Å². The van der Waals surface area contributed by atoms with E-state index >= 15 is 0 Å². The van der Waals surface area contributed by atoms with Crippen LogP contribution in [-0.2, 0) is 9.59 Å². The lowest BCUT2D eigenvalue weighted by molar-refractivity contribution is -0.139. The quantitative estimate of drug-likeness (QED) is 0.574. The zero-order chi connectivity index (χ0) is 17.3. The van der Waals surface area contributed by atoms with Crippen LogP contribution in [0.1, 0.15) is 6.42 Å². The molecule has 1 heterocycles. The maximum absolute atomic E-state index is 12.3. The Morgan fingerprint density at radius 3 is 2.50 bits per heavy atom. The Bertz CT molecular complexity index is 809. The fraction of sp³-hybridized carbons (Fsp3) is 0.176. The van der Waals surface area contributed by atoms with Crippen molar-refractivity contribution in [2.75, 3.05) is 11.4 Å². The fourth-order valence-corrected chi connectivity index (χ4v) is 3.09. The molecule has 1 amide bonds. The summed E-state index contributed by atoms with van der Waals surface area (Å²) in [6.07, 6.45) is 0.0477. The molecule has 0 aromatic heterocycles. The van der Waals surface area contributed by atoms with E-state index in [1.807, 2.05) is 0 Å². The van der Waals surface area contributed by atoms with Crippen LogP contribution in [0.4, 0.5) is 5.69 Å². The molecule has 1 atom stereocenters. The summed E-state index contributed by atoms with van der Waals surface area (Å²) in [6, 6.07) is 11.7. The van der Waals surface area contributed by atoms with Crippen LogP contribution in [0, 0.1) is 5.92 Å². The number of hydrogen-bond donors (Lipinski definition) is 0. The molecular weight excluding hydrogens is 373 g/mol. The second-order valence-corrected chi connectivity index (χ2v) is 6.52. The Balaban J connectivity index is 1.76. The molecule has 0 N–H and O–H groups in total. The highest BCUT2D eigenvalue weighted by Gasteiger charge is 2.37. The van der Waals surface area contributed by atoms with Gasteiger partial charge in [-0.1, -0.05) is 53.0 Å². The molecular formula is C17H12Cl3NO3. The van der Waals surface area contributed by atoms with Crippen molar-refractivity contribution in [3.63, 3.8) is 0 Å². The number of esters is 1. The minimum atomic E-state index is -0.594. The molecule has 24 heavy (non-hydrogen) atoms. The maximum atomic E-state index is 12.3. The summed E-state index contributed by atoms with van der Waals surface area (Å²) in [5.74, 6) is -1.03. The SMILES string of the molecule is O=C(Oc1ccccc1Cl)[C@H]1CC(=O)N(c2cccc(Cl)c2Cl)C1. The van der Waals surface area contributed by atoms with Crippen molar-refractivity contribution in [1.29, 1.82) is 0 Å². The smallest absolute Gasteiger partial charge is 0.316 e. The largest absolute Gasteiger partial charge is 0.425 e. The van der Waals surface area contributed by atoms with Gasteiger partial charge in [-0.3, -0.25) is 9.59 Å². The van der Waals surface area contributed by atoms with E-state index < -0.39 is 11.9 Å². The van der Waals surface area contributed by atoms with Gasteiger partial charge in [0.15, 0.2) is 0 Å². The lowest BCUT2D eigenvalue weighted by Gasteiger charge is -2.18. The highest BCUT2D eigenvalue weighted by Crippen LogP contribution is 2.36. The van der Waals surface area contributed by atoms with Crippen molar-refractivity contribution in [3.8, 4) is 5.75 Å². The van der Waals surface area contributed by atoms with E-state index in [4.69, 9.17) is 39.5 Å². The summed E-state index contributed by atoms with van der Waals surface area (Å²) in [5, 5.41) is 0.974. The van der Waals surface area contributed by atoms with Crippen molar-refractivity contribution in [3.05, 3.63) is 57.5 Å². The summed E-state index contributed by atoms with van der Waals surface area (Å²) >= 11 is 18.1. The van der Waals surface area contributed by atoms with E-state index in [0.717, 1.165) is 0 Å². The predicted molar refractivity (Wildman–Crippen MR) is 94.0 cm³/mol. The first-order chi connectivity index (χ1) is 11.5. The minimum absolute atomic E-state index is 0.0477. The predicted octanol–water partition coefficient (Wildman–Crippen LogP) is 4.61. The van der Waals surface area contributed by atoms with Crippen molar-refractivity contribution in [2.24, 2.45) is 5.92 Å². The van der Waals surface area contributed by atoms with E-state index in [9.17, 15) is 9.59 Å². The van der Waals surface area contributed by atoms with Gasteiger partial charge in [0.25, 0.3) is 0 Å². The summed E-state index contributed by atoms with van der Waals surface area (Å²) in [6.45, 7) is 0.183. The van der Waals surface area contributed by atoms with Gasteiger partial charge in [-0.05, 0) is 24.3 Å². The van der Waals surface area contributed by atoms with E-state index in [0.29, 0.717) is 15.7 Å². The third-order valence-corrected chi connectivity index (χ3v) is 4.85. The van der Waals surface area contributed by atoms with Crippen molar-refractivity contribution >= 4 is 52.4 Å². The Morgan fingerprint density at radius 2 is 1.75 bits per heavy atom. The first-order valence-electron chi connectivity index (χ1n) is 7.18. The minimum Gasteiger partial charge on any atom is -0.425 e. The van der Waals surface area contributed by atoms with Crippen molar-refractivity contribution in [1.82, 2.24) is 0 Å². The van der Waals surface area contributed by atoms with Gasteiger partial charge < -0.3 is 9.64 Å². The number of ether oxygens (including phenoxy) is 1. The normalized spacial score (nSPS) is 17.2. The maximum Gasteiger partial charge on any atom is 0.316 e. The highest BCUT2D eigenvalue weighted by molar-refractivity contribution is 6.44. The first kappa shape index (κ1) is 17.1. The molecule has 1 aliphatic rings. The van der Waals surface area contributed by atoms with Crippen LogP contribution in [0.3, 0.4) is 0 Å². The molecule has 0 aliphatic carbocycles. The fourth-order valence-electron chi connectivity index (χ4n) is 2.52. The average Bonchev–Trinajstić information content (AvgIpc) is 2.94. The Morgan fingerprint density at radius 1 is 1.04 bits per heavy atom. The molecule has 2 aromatic carbocycles. The lowest BCUT2D eigenvalue weighted by Crippen LogP contribution is -2.27. The van der Waals surface area contributed by atoms with Gasteiger partial charge in [0, 0.05) is 13.0 Å². The van der Waals surface area contributed by atoms with Crippen LogP contribution >= 0.6 is 34.8 Å². The summed E-state index contributed by atoms with van der Waals surface area (Å²) in [7, 11) is 0. The van der Waals surface area contributed by atoms with Gasteiger partial charge in [0.05, 0.1) is 26.7 Å². The molecule has 4 nitrogen and oxygen atoms in total. The van der Waals surface area contributed by atoms with Crippen LogP contribution in [0.5, 0.6) is 5.75 Å². The van der Waals surface area contributed by atoms with E-state index in [1.54, 1.807) is 42.5 Å². The monoisotopic (exact) mass is 383 g/mol. The molecule has 7 heteroatoms. The van der Waals surface area contributed by atoms with E-state index in [2.05, 4.69) is 0 Å². The van der Waals surface area contributed by atoms with E-state index in [1.165, 1.54) is 4.90 Å². The third kappa shape index (κ3) is 3.36.